The molecule has 0 amide bonds. The van der Waals surface area contributed by atoms with E-state index in [2.05, 4.69) is 54.0 Å². The number of carboxylic acid groups (broad SMARTS) is 1. The fraction of sp³-hybridized carbons (Fsp3) is 0.0833. The summed E-state index contributed by atoms with van der Waals surface area (Å²) in [5.41, 5.74) is 5.92. The molecule has 2 heterocycles. The highest BCUT2D eigenvalue weighted by molar-refractivity contribution is 7.99. The molecule has 5 rings (SSSR count). The van der Waals surface area contributed by atoms with Crippen LogP contribution in [0.3, 0.4) is 0 Å². The number of benzene rings is 3. The van der Waals surface area contributed by atoms with E-state index in [1.165, 1.54) is 0 Å². The third-order valence-corrected chi connectivity index (χ3v) is 7.05. The van der Waals surface area contributed by atoms with Crippen LogP contribution in [0, 0.1) is 30.6 Å². The number of rotatable bonds is 8. The molecule has 0 saturated heterocycles. The van der Waals surface area contributed by atoms with Crippen molar-refractivity contribution in [3.8, 4) is 29.4 Å². The summed E-state index contributed by atoms with van der Waals surface area (Å²) in [6.45, 7) is 1.55. The van der Waals surface area contributed by atoms with Crippen LogP contribution in [0.2, 0.25) is 0 Å². The van der Waals surface area contributed by atoms with Crippen LogP contribution in [0.4, 0.5) is 0 Å². The first kappa shape index (κ1) is 28.2. The number of hydrogen-bond donors (Lipinski definition) is 1. The van der Waals surface area contributed by atoms with Gasteiger partial charge in [-0.2, -0.15) is 0 Å². The van der Waals surface area contributed by atoms with Crippen LogP contribution in [0.1, 0.15) is 39.3 Å². The van der Waals surface area contributed by atoms with E-state index < -0.39 is 5.97 Å². The summed E-state index contributed by atoms with van der Waals surface area (Å²) in [4.78, 5) is 11.9. The molecule has 0 bridgehead atoms. The monoisotopic (exact) mass is 570 g/mol. The van der Waals surface area contributed by atoms with Crippen molar-refractivity contribution in [3.05, 3.63) is 149 Å². The van der Waals surface area contributed by atoms with E-state index in [0.717, 1.165) is 44.0 Å². The smallest absolute Gasteiger partial charge is 0.341 e. The summed E-state index contributed by atoms with van der Waals surface area (Å²) in [6.07, 6.45) is 5.43. The van der Waals surface area contributed by atoms with Gasteiger partial charge in [-0.15, -0.1) is 11.8 Å². The van der Waals surface area contributed by atoms with Gasteiger partial charge in [0.15, 0.2) is 18.1 Å². The van der Waals surface area contributed by atoms with Gasteiger partial charge in [-0.05, 0) is 108 Å². The largest absolute Gasteiger partial charge is 0.482 e. The lowest BCUT2D eigenvalue weighted by molar-refractivity contribution is -0.139. The Labute approximate surface area is 248 Å². The Morgan fingerprint density at radius 2 is 1.38 bits per heavy atom. The third-order valence-electron chi connectivity index (χ3n) is 6.13. The SMILES string of the molecule is Cc1cc(SCC=C(c2ccc(C#Cc3ccco3)cc2)c2ccc(C#Cc3ccco3)cc2)ccc1OCC(=O)O. The van der Waals surface area contributed by atoms with Gasteiger partial charge in [0.2, 0.25) is 0 Å². The Morgan fingerprint density at radius 3 is 1.86 bits per heavy atom. The molecule has 206 valence electrons. The lowest BCUT2D eigenvalue weighted by atomic mass is 9.96. The van der Waals surface area contributed by atoms with E-state index in [0.29, 0.717) is 17.3 Å². The number of carboxylic acids is 1. The first-order chi connectivity index (χ1) is 20.5. The highest BCUT2D eigenvalue weighted by Gasteiger charge is 2.08. The predicted molar refractivity (Wildman–Crippen MR) is 164 cm³/mol. The molecule has 0 aliphatic heterocycles. The Bertz CT molecular complexity index is 1690. The molecule has 6 heteroatoms. The van der Waals surface area contributed by atoms with E-state index in [-0.39, 0.29) is 6.61 Å². The maximum absolute atomic E-state index is 10.8. The summed E-state index contributed by atoms with van der Waals surface area (Å²) >= 11 is 1.69. The molecular weight excluding hydrogens is 544 g/mol. The fourth-order valence-electron chi connectivity index (χ4n) is 4.07. The van der Waals surface area contributed by atoms with E-state index in [4.69, 9.17) is 18.7 Å². The number of thioether (sulfide) groups is 1. The highest BCUT2D eigenvalue weighted by Crippen LogP contribution is 2.29. The Kier molecular flexibility index (Phi) is 9.31. The zero-order valence-electron chi connectivity index (χ0n) is 22.8. The molecule has 42 heavy (non-hydrogen) atoms. The lowest BCUT2D eigenvalue weighted by Crippen LogP contribution is -2.09. The molecule has 3 aromatic carbocycles. The van der Waals surface area contributed by atoms with E-state index in [9.17, 15) is 4.79 Å². The highest BCUT2D eigenvalue weighted by atomic mass is 32.2. The maximum Gasteiger partial charge on any atom is 0.341 e. The molecule has 0 spiro atoms. The van der Waals surface area contributed by atoms with Crippen LogP contribution in [0.25, 0.3) is 5.57 Å². The molecule has 2 aromatic heterocycles. The minimum absolute atomic E-state index is 0.361. The average Bonchev–Trinajstić information content (AvgIpc) is 3.72. The molecule has 0 aliphatic rings. The normalized spacial score (nSPS) is 10.1. The van der Waals surface area contributed by atoms with E-state index >= 15 is 0 Å². The van der Waals surface area contributed by atoms with Gasteiger partial charge in [-0.25, -0.2) is 4.79 Å². The van der Waals surface area contributed by atoms with Crippen molar-refractivity contribution in [1.82, 2.24) is 0 Å². The molecule has 0 radical (unpaired) electrons. The van der Waals surface area contributed by atoms with Crippen LogP contribution in [-0.4, -0.2) is 23.4 Å². The number of aryl methyl sites for hydroxylation is 1. The van der Waals surface area contributed by atoms with Crippen molar-refractivity contribution < 1.29 is 23.5 Å². The average molecular weight is 571 g/mol. The van der Waals surface area contributed by atoms with Gasteiger partial charge in [0, 0.05) is 21.8 Å². The van der Waals surface area contributed by atoms with Crippen molar-refractivity contribution >= 4 is 23.3 Å². The second-order valence-corrected chi connectivity index (χ2v) is 10.2. The van der Waals surface area contributed by atoms with Crippen LogP contribution in [-0.2, 0) is 4.79 Å². The molecule has 0 fully saturated rings. The standard InChI is InChI=1S/C36H26O5S/c1-26-24-33(18-19-35(26)41-25-36(37)38)42-23-20-34(29-12-6-27(7-13-29)10-16-31-4-2-21-39-31)30-14-8-28(9-15-30)11-17-32-5-3-22-40-32/h2-9,12-15,18-22,24H,23,25H2,1H3,(H,37,38). The van der Waals surface area contributed by atoms with Crippen LogP contribution in [0.15, 0.2) is 123 Å². The topological polar surface area (TPSA) is 72.8 Å². The number of ether oxygens (including phenoxy) is 1. The Morgan fingerprint density at radius 1 is 0.810 bits per heavy atom. The van der Waals surface area contributed by atoms with Gasteiger partial charge < -0.3 is 18.7 Å². The number of hydrogen-bond acceptors (Lipinski definition) is 5. The van der Waals surface area contributed by atoms with Crippen LogP contribution < -0.4 is 4.74 Å². The van der Waals surface area contributed by atoms with Crippen molar-refractivity contribution in [2.24, 2.45) is 0 Å². The zero-order valence-corrected chi connectivity index (χ0v) is 23.6. The van der Waals surface area contributed by atoms with Crippen molar-refractivity contribution in [2.45, 2.75) is 11.8 Å². The van der Waals surface area contributed by atoms with E-state index in [1.54, 1.807) is 24.3 Å². The second-order valence-electron chi connectivity index (χ2n) is 9.15. The van der Waals surface area contributed by atoms with Crippen molar-refractivity contribution in [1.29, 1.82) is 0 Å². The Balaban J connectivity index is 1.36. The summed E-state index contributed by atoms with van der Waals surface area (Å²) < 4.78 is 16.0. The molecule has 1 N–H and O–H groups in total. The molecule has 5 nitrogen and oxygen atoms in total. The van der Waals surface area contributed by atoms with Gasteiger partial charge >= 0.3 is 5.97 Å². The number of aliphatic carboxylic acids is 1. The minimum atomic E-state index is -0.999. The number of carbonyl (C=O) groups is 1. The minimum Gasteiger partial charge on any atom is -0.482 e. The van der Waals surface area contributed by atoms with Crippen molar-refractivity contribution in [3.63, 3.8) is 0 Å². The maximum atomic E-state index is 10.8. The molecule has 0 aliphatic carbocycles. The molecule has 0 unspecified atom stereocenters. The quantitative estimate of drug-likeness (QED) is 0.152. The summed E-state index contributed by atoms with van der Waals surface area (Å²) in [5.74, 6) is 13.9. The van der Waals surface area contributed by atoms with Gasteiger partial charge in [0.05, 0.1) is 12.5 Å². The number of furan rings is 2. The van der Waals surface area contributed by atoms with E-state index in [1.807, 2.05) is 73.7 Å². The summed E-state index contributed by atoms with van der Waals surface area (Å²) in [5, 5.41) is 8.88. The molecule has 5 aromatic rings. The second kappa shape index (κ2) is 13.9. The van der Waals surface area contributed by atoms with Gasteiger partial charge in [0.1, 0.15) is 5.75 Å². The molecule has 0 saturated carbocycles. The summed E-state index contributed by atoms with van der Waals surface area (Å²) in [6, 6.07) is 29.4. The zero-order chi connectivity index (χ0) is 29.1. The molecule has 0 atom stereocenters. The first-order valence-corrected chi connectivity index (χ1v) is 14.1. The Hall–Kier alpha value is -5.30. The van der Waals surface area contributed by atoms with Gasteiger partial charge in [-0.3, -0.25) is 0 Å². The molecular formula is C36H26O5S. The lowest BCUT2D eigenvalue weighted by Gasteiger charge is -2.11. The van der Waals surface area contributed by atoms with Crippen molar-refractivity contribution in [2.75, 3.05) is 12.4 Å². The summed E-state index contributed by atoms with van der Waals surface area (Å²) in [7, 11) is 0. The van der Waals surface area contributed by atoms with Gasteiger partial charge in [0.25, 0.3) is 0 Å². The first-order valence-electron chi connectivity index (χ1n) is 13.1. The van der Waals surface area contributed by atoms with Crippen LogP contribution in [0.5, 0.6) is 5.75 Å². The van der Waals surface area contributed by atoms with Crippen LogP contribution >= 0.6 is 11.8 Å². The predicted octanol–water partition coefficient (Wildman–Crippen LogP) is 7.67. The fourth-order valence-corrected chi connectivity index (χ4v) is 4.94. The third kappa shape index (κ3) is 7.88. The van der Waals surface area contributed by atoms with Gasteiger partial charge in [-0.1, -0.05) is 42.2 Å².